The topological polar surface area (TPSA) is 38.0 Å². The van der Waals surface area contributed by atoms with Gasteiger partial charge in [0.15, 0.2) is 0 Å². The maximum Gasteiger partial charge on any atom is 0.0121 e. The molecule has 0 aliphatic carbocycles. The van der Waals surface area contributed by atoms with E-state index in [1.807, 2.05) is 0 Å². The molecule has 0 fully saturated rings. The third-order valence-corrected chi connectivity index (χ3v) is 1.37. The smallest absolute Gasteiger partial charge is 0.0121 e. The molecule has 0 saturated heterocycles. The molecule has 0 saturated carbocycles. The maximum atomic E-state index is 5.27. The zero-order chi connectivity index (χ0) is 6.24. The number of nitrogens with one attached hydrogen (secondary N) is 1. The summed E-state index contributed by atoms with van der Waals surface area (Å²) in [5.74, 6) is 0. The Bertz CT molecular complexity index is 35.4. The first-order valence-electron chi connectivity index (χ1n) is 2.88. The van der Waals surface area contributed by atoms with Crippen molar-refractivity contribution in [3.63, 3.8) is 0 Å². The summed E-state index contributed by atoms with van der Waals surface area (Å²) in [5.41, 5.74) is 5.27. The summed E-state index contributed by atoms with van der Waals surface area (Å²) < 4.78 is 1.18. The van der Waals surface area contributed by atoms with Crippen molar-refractivity contribution in [3.05, 3.63) is 0 Å². The molecule has 0 amide bonds. The Morgan fingerprint density at radius 2 is 2.12 bits per heavy atom. The van der Waals surface area contributed by atoms with Gasteiger partial charge in [0.25, 0.3) is 0 Å². The Balaban J connectivity index is 2.53. The zero-order valence-electron chi connectivity index (χ0n) is 4.99. The normalized spacial score (nSPS) is 9.75. The van der Waals surface area contributed by atoms with Crippen molar-refractivity contribution in [2.24, 2.45) is 5.73 Å². The molecule has 0 unspecified atom stereocenters. The van der Waals surface area contributed by atoms with Crippen LogP contribution in [0.2, 0.25) is 0 Å². The first-order chi connectivity index (χ1) is 3.91. The fraction of sp³-hybridized carbons (Fsp3) is 1.00. The van der Waals surface area contributed by atoms with E-state index in [2.05, 4.69) is 27.9 Å². The van der Waals surface area contributed by atoms with E-state index in [1.54, 1.807) is 0 Å². The van der Waals surface area contributed by atoms with Gasteiger partial charge in [0, 0.05) is 11.0 Å². The van der Waals surface area contributed by atoms with Crippen LogP contribution in [0.4, 0.5) is 0 Å². The summed E-state index contributed by atoms with van der Waals surface area (Å²) in [6.07, 6.45) is 1.09. The molecule has 0 rings (SSSR count). The van der Waals surface area contributed by atoms with Crippen LogP contribution in [0.1, 0.15) is 6.42 Å². The van der Waals surface area contributed by atoms with Gasteiger partial charge in [-0.2, -0.15) is 0 Å². The minimum Gasteiger partial charge on any atom is -0.330 e. The van der Waals surface area contributed by atoms with Crippen LogP contribution >= 0.6 is 22.6 Å². The molecule has 0 spiro atoms. The van der Waals surface area contributed by atoms with Gasteiger partial charge in [-0.15, -0.1) is 0 Å². The molecular formula is C5H13IN2. The fourth-order valence-electron chi connectivity index (χ4n) is 0.419. The zero-order valence-corrected chi connectivity index (χ0v) is 7.15. The van der Waals surface area contributed by atoms with E-state index in [4.69, 9.17) is 5.73 Å². The first kappa shape index (κ1) is 8.65. The SMILES string of the molecule is NCCCNCCI. The van der Waals surface area contributed by atoms with Gasteiger partial charge < -0.3 is 11.1 Å². The Kier molecular flexibility index (Phi) is 8.27. The van der Waals surface area contributed by atoms with Crippen LogP contribution in [0.25, 0.3) is 0 Å². The average molecular weight is 228 g/mol. The van der Waals surface area contributed by atoms with Crippen LogP contribution in [-0.2, 0) is 0 Å². The number of nitrogens with two attached hydrogens (primary N) is 1. The highest BCUT2D eigenvalue weighted by molar-refractivity contribution is 14.1. The summed E-state index contributed by atoms with van der Waals surface area (Å²) >= 11 is 2.35. The molecule has 3 heteroatoms. The molecule has 0 radical (unpaired) electrons. The molecule has 0 bridgehead atoms. The minimum absolute atomic E-state index is 0.800. The predicted octanol–water partition coefficient (Wildman–Crippen LogP) is 0.360. The second kappa shape index (κ2) is 7.65. The maximum absolute atomic E-state index is 5.27. The van der Waals surface area contributed by atoms with Gasteiger partial charge in [0.2, 0.25) is 0 Å². The van der Waals surface area contributed by atoms with Crippen molar-refractivity contribution in [2.75, 3.05) is 24.1 Å². The molecule has 0 atom stereocenters. The molecule has 0 aliphatic rings. The van der Waals surface area contributed by atoms with Crippen molar-refractivity contribution in [2.45, 2.75) is 6.42 Å². The number of rotatable bonds is 5. The van der Waals surface area contributed by atoms with E-state index in [-0.39, 0.29) is 0 Å². The number of halogens is 1. The molecule has 3 N–H and O–H groups in total. The van der Waals surface area contributed by atoms with E-state index in [9.17, 15) is 0 Å². The Hall–Kier alpha value is 0.650. The van der Waals surface area contributed by atoms with Crippen LogP contribution in [-0.4, -0.2) is 24.1 Å². The van der Waals surface area contributed by atoms with E-state index >= 15 is 0 Å². The lowest BCUT2D eigenvalue weighted by atomic mass is 10.4. The molecule has 2 nitrogen and oxygen atoms in total. The van der Waals surface area contributed by atoms with Crippen LogP contribution in [0, 0.1) is 0 Å². The standard InChI is InChI=1S/C5H13IN2/c6-2-5-8-4-1-3-7/h8H,1-5,7H2. The largest absolute Gasteiger partial charge is 0.330 e. The summed E-state index contributed by atoms with van der Waals surface area (Å²) in [6.45, 7) is 2.98. The lowest BCUT2D eigenvalue weighted by Crippen LogP contribution is -2.19. The lowest BCUT2D eigenvalue weighted by Gasteiger charge is -1.97. The van der Waals surface area contributed by atoms with Crippen LogP contribution in [0.3, 0.4) is 0 Å². The van der Waals surface area contributed by atoms with Crippen molar-refractivity contribution in [3.8, 4) is 0 Å². The van der Waals surface area contributed by atoms with Crippen molar-refractivity contribution in [1.82, 2.24) is 5.32 Å². The molecule has 0 aromatic heterocycles. The lowest BCUT2D eigenvalue weighted by molar-refractivity contribution is 0.686. The van der Waals surface area contributed by atoms with Crippen molar-refractivity contribution < 1.29 is 0 Å². The monoisotopic (exact) mass is 228 g/mol. The first-order valence-corrected chi connectivity index (χ1v) is 4.41. The second-order valence-electron chi connectivity index (χ2n) is 1.58. The number of alkyl halides is 1. The second-order valence-corrected chi connectivity index (χ2v) is 2.66. The molecule has 0 aromatic rings. The van der Waals surface area contributed by atoms with Gasteiger partial charge in [-0.3, -0.25) is 0 Å². The van der Waals surface area contributed by atoms with Gasteiger partial charge in [-0.1, -0.05) is 22.6 Å². The van der Waals surface area contributed by atoms with Crippen molar-refractivity contribution in [1.29, 1.82) is 0 Å². The van der Waals surface area contributed by atoms with Gasteiger partial charge in [-0.05, 0) is 19.5 Å². The highest BCUT2D eigenvalue weighted by atomic mass is 127. The summed E-state index contributed by atoms with van der Waals surface area (Å²) in [6, 6.07) is 0. The number of hydrogen-bond donors (Lipinski definition) is 2. The van der Waals surface area contributed by atoms with E-state index in [0.717, 1.165) is 26.1 Å². The minimum atomic E-state index is 0.800. The molecule has 0 aromatic carbocycles. The Morgan fingerprint density at radius 3 is 2.62 bits per heavy atom. The van der Waals surface area contributed by atoms with Crippen LogP contribution in [0.15, 0.2) is 0 Å². The number of hydrogen-bond acceptors (Lipinski definition) is 2. The van der Waals surface area contributed by atoms with Crippen molar-refractivity contribution >= 4 is 22.6 Å². The van der Waals surface area contributed by atoms with Crippen LogP contribution < -0.4 is 11.1 Å². The highest BCUT2D eigenvalue weighted by Gasteiger charge is 1.81. The average Bonchev–Trinajstić information content (AvgIpc) is 1.81. The molecule has 0 aliphatic heterocycles. The fourth-order valence-corrected chi connectivity index (χ4v) is 0.800. The van der Waals surface area contributed by atoms with E-state index < -0.39 is 0 Å². The predicted molar refractivity (Wildman–Crippen MR) is 45.4 cm³/mol. The molecular weight excluding hydrogens is 215 g/mol. The van der Waals surface area contributed by atoms with Gasteiger partial charge in [-0.25, -0.2) is 0 Å². The Morgan fingerprint density at radius 1 is 1.38 bits per heavy atom. The highest BCUT2D eigenvalue weighted by Crippen LogP contribution is 1.76. The Labute approximate surface area is 64.4 Å². The van der Waals surface area contributed by atoms with E-state index in [0.29, 0.717) is 0 Å². The summed E-state index contributed by atoms with van der Waals surface area (Å²) in [7, 11) is 0. The third-order valence-electron chi connectivity index (χ3n) is 0.829. The van der Waals surface area contributed by atoms with Gasteiger partial charge in [0.1, 0.15) is 0 Å². The summed E-state index contributed by atoms with van der Waals surface area (Å²) in [5, 5.41) is 3.25. The van der Waals surface area contributed by atoms with Crippen LogP contribution in [0.5, 0.6) is 0 Å². The summed E-state index contributed by atoms with van der Waals surface area (Å²) in [4.78, 5) is 0. The van der Waals surface area contributed by atoms with Gasteiger partial charge >= 0.3 is 0 Å². The quantitative estimate of drug-likeness (QED) is 0.405. The van der Waals surface area contributed by atoms with E-state index in [1.165, 1.54) is 4.43 Å². The molecule has 8 heavy (non-hydrogen) atoms. The third kappa shape index (κ3) is 6.65. The molecule has 50 valence electrons. The molecule has 0 heterocycles. The van der Waals surface area contributed by atoms with Gasteiger partial charge in [0.05, 0.1) is 0 Å².